The van der Waals surface area contributed by atoms with Crippen LogP contribution in [0.5, 0.6) is 0 Å². The first kappa shape index (κ1) is 26.7. The average Bonchev–Trinajstić information content (AvgIpc) is 3.00. The summed E-state index contributed by atoms with van der Waals surface area (Å²) in [4.78, 5) is 8.38. The van der Waals surface area contributed by atoms with Gasteiger partial charge in [0, 0.05) is 52.0 Å². The van der Waals surface area contributed by atoms with E-state index in [1.807, 2.05) is 24.5 Å². The molecule has 0 saturated carbocycles. The molecule has 40 heavy (non-hydrogen) atoms. The highest BCUT2D eigenvalue weighted by molar-refractivity contribution is 6.04. The maximum atomic E-state index is 4.11. The Morgan fingerprint density at radius 3 is 1.25 bits per heavy atom. The van der Waals surface area contributed by atoms with E-state index in [-0.39, 0.29) is 0 Å². The van der Waals surface area contributed by atoms with Gasteiger partial charge in [-0.15, -0.1) is 0 Å². The summed E-state index contributed by atoms with van der Waals surface area (Å²) in [6.07, 6.45) is 7.90. The van der Waals surface area contributed by atoms with Gasteiger partial charge in [0.05, 0.1) is 0 Å². The van der Waals surface area contributed by atoms with E-state index in [0.717, 1.165) is 11.1 Å². The molecule has 0 fully saturated rings. The maximum absolute atomic E-state index is 4.11. The van der Waals surface area contributed by atoms with Gasteiger partial charge in [0.25, 0.3) is 0 Å². The topological polar surface area (TPSA) is 19.4 Å². The Bertz CT molecular complexity index is 1530. The molecule has 3 heteroatoms. The minimum absolute atomic E-state index is 1.13. The second-order valence-electron chi connectivity index (χ2n) is 10.2. The van der Waals surface area contributed by atoms with E-state index in [9.17, 15) is 0 Å². The minimum Gasteiger partial charge on any atom is -0.378 e. The van der Waals surface area contributed by atoms with Crippen LogP contribution in [-0.4, -0.2) is 33.2 Å². The van der Waals surface area contributed by atoms with Crippen LogP contribution in [0.25, 0.3) is 23.3 Å². The van der Waals surface area contributed by atoms with E-state index >= 15 is 0 Å². The third kappa shape index (κ3) is 6.22. The summed E-state index contributed by atoms with van der Waals surface area (Å²) in [7, 11) is 8.30. The van der Waals surface area contributed by atoms with Crippen LogP contribution in [-0.2, 0) is 0 Å². The fraction of sp³-hybridized carbons (Fsp3) is 0.108. The van der Waals surface area contributed by atoms with E-state index in [2.05, 4.69) is 158 Å². The lowest BCUT2D eigenvalue weighted by atomic mass is 9.85. The van der Waals surface area contributed by atoms with Crippen molar-refractivity contribution in [1.29, 1.82) is 0 Å². The van der Waals surface area contributed by atoms with Crippen LogP contribution in [0.15, 0.2) is 128 Å². The van der Waals surface area contributed by atoms with Gasteiger partial charge in [-0.05, 0) is 80.9 Å². The van der Waals surface area contributed by atoms with Crippen LogP contribution in [0.2, 0.25) is 0 Å². The van der Waals surface area contributed by atoms with E-state index < -0.39 is 0 Å². The number of hydrogen-bond donors (Lipinski definition) is 0. The van der Waals surface area contributed by atoms with Crippen molar-refractivity contribution in [2.45, 2.75) is 0 Å². The molecule has 1 heterocycles. The highest BCUT2D eigenvalue weighted by atomic mass is 15.1. The molecule has 3 nitrogen and oxygen atoms in total. The largest absolute Gasteiger partial charge is 0.378 e. The molecular formula is C37H35N3. The smallest absolute Gasteiger partial charge is 0.0361 e. The lowest BCUT2D eigenvalue weighted by Crippen LogP contribution is -2.09. The van der Waals surface area contributed by atoms with Crippen LogP contribution in [0.3, 0.4) is 0 Å². The average molecular weight is 522 g/mol. The quantitative estimate of drug-likeness (QED) is 0.191. The normalized spacial score (nSPS) is 10.9. The molecule has 4 aromatic carbocycles. The number of rotatable bonds is 8. The Labute approximate surface area is 238 Å². The van der Waals surface area contributed by atoms with E-state index in [4.69, 9.17) is 0 Å². The van der Waals surface area contributed by atoms with Crippen LogP contribution >= 0.6 is 0 Å². The Kier molecular flexibility index (Phi) is 8.22. The molecule has 0 radical (unpaired) electrons. The second-order valence-corrected chi connectivity index (χ2v) is 10.2. The van der Waals surface area contributed by atoms with Gasteiger partial charge in [-0.2, -0.15) is 0 Å². The molecule has 0 atom stereocenters. The Morgan fingerprint density at radius 1 is 0.450 bits per heavy atom. The summed E-state index contributed by atoms with van der Waals surface area (Å²) in [5.41, 5.74) is 11.8. The minimum atomic E-state index is 1.13. The van der Waals surface area contributed by atoms with E-state index in [1.54, 1.807) is 0 Å². The molecule has 0 amide bonds. The first-order valence-electron chi connectivity index (χ1n) is 13.5. The van der Waals surface area contributed by atoms with E-state index in [0.29, 0.717) is 0 Å². The van der Waals surface area contributed by atoms with Gasteiger partial charge in [-0.1, -0.05) is 91.0 Å². The standard InChI is InChI=1S/C37H35N3/c1-39(2)34-20-16-32(17-21-34)37(33-18-22-35(23-19-33)40(3)4)36(30-8-6-5-7-9-30)31-14-12-28(13-15-31)10-11-29-24-26-38-27-25-29/h5-27H,1-4H3. The van der Waals surface area contributed by atoms with Gasteiger partial charge in [0.2, 0.25) is 0 Å². The van der Waals surface area contributed by atoms with Crippen molar-refractivity contribution < 1.29 is 0 Å². The zero-order valence-electron chi connectivity index (χ0n) is 23.6. The Balaban J connectivity index is 1.68. The highest BCUT2D eigenvalue weighted by Gasteiger charge is 2.17. The fourth-order valence-electron chi connectivity index (χ4n) is 4.80. The van der Waals surface area contributed by atoms with Gasteiger partial charge in [0.1, 0.15) is 0 Å². The number of aromatic nitrogens is 1. The summed E-state index contributed by atoms with van der Waals surface area (Å²) in [5, 5.41) is 0. The molecular weight excluding hydrogens is 486 g/mol. The predicted octanol–water partition coefficient (Wildman–Crippen LogP) is 8.39. The van der Waals surface area contributed by atoms with Gasteiger partial charge >= 0.3 is 0 Å². The van der Waals surface area contributed by atoms with E-state index in [1.165, 1.54) is 44.8 Å². The molecule has 0 aliphatic heterocycles. The Morgan fingerprint density at radius 2 is 0.825 bits per heavy atom. The van der Waals surface area contributed by atoms with Crippen molar-refractivity contribution in [1.82, 2.24) is 4.98 Å². The number of benzene rings is 4. The van der Waals surface area contributed by atoms with Crippen LogP contribution in [0.1, 0.15) is 33.4 Å². The molecule has 0 spiro atoms. The summed E-state index contributed by atoms with van der Waals surface area (Å²) in [6, 6.07) is 41.3. The molecule has 0 aliphatic carbocycles. The SMILES string of the molecule is CN(C)c1ccc(C(=C(c2ccccc2)c2ccc(C=Cc3ccncc3)cc2)c2ccc(N(C)C)cc2)cc1. The first-order valence-corrected chi connectivity index (χ1v) is 13.5. The monoisotopic (exact) mass is 521 g/mol. The molecule has 5 aromatic rings. The zero-order valence-corrected chi connectivity index (χ0v) is 23.6. The summed E-state index contributed by atoms with van der Waals surface area (Å²) >= 11 is 0. The van der Waals surface area contributed by atoms with Gasteiger partial charge in [-0.25, -0.2) is 0 Å². The molecule has 1 aromatic heterocycles. The predicted molar refractivity (Wildman–Crippen MR) is 173 cm³/mol. The van der Waals surface area contributed by atoms with Crippen molar-refractivity contribution in [3.8, 4) is 0 Å². The van der Waals surface area contributed by atoms with Gasteiger partial charge < -0.3 is 9.80 Å². The van der Waals surface area contributed by atoms with Crippen molar-refractivity contribution in [2.24, 2.45) is 0 Å². The van der Waals surface area contributed by atoms with Gasteiger partial charge in [-0.3, -0.25) is 4.98 Å². The fourth-order valence-corrected chi connectivity index (χ4v) is 4.80. The molecule has 0 bridgehead atoms. The molecule has 0 unspecified atom stereocenters. The van der Waals surface area contributed by atoms with Gasteiger partial charge in [0.15, 0.2) is 0 Å². The summed E-state index contributed by atoms with van der Waals surface area (Å²) in [5.74, 6) is 0. The van der Waals surface area contributed by atoms with Crippen LogP contribution in [0, 0.1) is 0 Å². The molecule has 0 aliphatic rings. The first-order chi connectivity index (χ1) is 19.5. The lowest BCUT2D eigenvalue weighted by Gasteiger charge is -2.20. The number of nitrogens with zero attached hydrogens (tertiary/aromatic N) is 3. The third-order valence-electron chi connectivity index (χ3n) is 7.03. The Hall–Kier alpha value is -4.89. The number of hydrogen-bond acceptors (Lipinski definition) is 3. The van der Waals surface area contributed by atoms with Crippen molar-refractivity contribution >= 4 is 34.7 Å². The van der Waals surface area contributed by atoms with Crippen molar-refractivity contribution in [2.75, 3.05) is 38.0 Å². The summed E-state index contributed by atoms with van der Waals surface area (Å²) in [6.45, 7) is 0. The molecule has 0 N–H and O–H groups in total. The highest BCUT2D eigenvalue weighted by Crippen LogP contribution is 2.38. The maximum Gasteiger partial charge on any atom is 0.0361 e. The third-order valence-corrected chi connectivity index (χ3v) is 7.03. The van der Waals surface area contributed by atoms with Crippen molar-refractivity contribution in [3.05, 3.63) is 161 Å². The van der Waals surface area contributed by atoms with Crippen molar-refractivity contribution in [3.63, 3.8) is 0 Å². The van der Waals surface area contributed by atoms with Crippen LogP contribution < -0.4 is 9.80 Å². The molecule has 198 valence electrons. The number of pyridine rings is 1. The molecule has 5 rings (SSSR count). The van der Waals surface area contributed by atoms with Crippen LogP contribution in [0.4, 0.5) is 11.4 Å². The second kappa shape index (κ2) is 12.3. The summed E-state index contributed by atoms with van der Waals surface area (Å²) < 4.78 is 0. The lowest BCUT2D eigenvalue weighted by molar-refractivity contribution is 1.13. The zero-order chi connectivity index (χ0) is 27.9. The molecule has 0 saturated heterocycles. The number of anilines is 2.